The van der Waals surface area contributed by atoms with Crippen molar-refractivity contribution >= 4 is 51.2 Å². The van der Waals surface area contributed by atoms with E-state index in [0.717, 1.165) is 52.1 Å². The zero-order chi connectivity index (χ0) is 30.6. The number of carbonyl (C=O) groups excluding carboxylic acids is 3. The van der Waals surface area contributed by atoms with Crippen molar-refractivity contribution in [3.63, 3.8) is 0 Å². The van der Waals surface area contributed by atoms with Crippen LogP contribution in [0.5, 0.6) is 0 Å². The van der Waals surface area contributed by atoms with E-state index in [4.69, 9.17) is 14.2 Å². The van der Waals surface area contributed by atoms with Crippen molar-refractivity contribution < 1.29 is 28.6 Å². The molecule has 236 valence electrons. The zero-order valence-electron chi connectivity index (χ0n) is 25.0. The number of ether oxygens (including phenoxy) is 3. The first-order valence-corrected chi connectivity index (χ1v) is 16.5. The van der Waals surface area contributed by atoms with Gasteiger partial charge in [0.05, 0.1) is 45.1 Å². The van der Waals surface area contributed by atoms with E-state index in [-0.39, 0.29) is 36.5 Å². The second-order valence-corrected chi connectivity index (χ2v) is 12.4. The second-order valence-electron chi connectivity index (χ2n) is 11.1. The lowest BCUT2D eigenvalue weighted by Gasteiger charge is -2.16. The highest BCUT2D eigenvalue weighted by molar-refractivity contribution is 8.00. The van der Waals surface area contributed by atoms with Crippen molar-refractivity contribution in [2.24, 2.45) is 0 Å². The van der Waals surface area contributed by atoms with Crippen LogP contribution in [0.3, 0.4) is 0 Å². The van der Waals surface area contributed by atoms with Crippen LogP contribution < -0.4 is 21.3 Å². The maximum Gasteiger partial charge on any atom is 0.315 e. The quantitative estimate of drug-likeness (QED) is 0.0972. The largest absolute Gasteiger partial charge is 0.377 e. The first kappa shape index (κ1) is 32.0. The molecule has 0 spiro atoms. The van der Waals surface area contributed by atoms with Gasteiger partial charge in [0.25, 0.3) is 0 Å². The molecule has 3 unspecified atom stereocenters. The lowest BCUT2D eigenvalue weighted by Crippen LogP contribution is -2.36. The molecule has 0 saturated carbocycles. The third-order valence-electron chi connectivity index (χ3n) is 7.95. The fourth-order valence-electron chi connectivity index (χ4n) is 5.77. The highest BCUT2D eigenvalue weighted by atomic mass is 32.2. The van der Waals surface area contributed by atoms with Crippen LogP contribution >= 0.6 is 11.8 Å². The van der Waals surface area contributed by atoms with Crippen LogP contribution in [0.2, 0.25) is 0 Å². The summed E-state index contributed by atoms with van der Waals surface area (Å²) >= 11 is 1.90. The Hall–Kier alpha value is -3.38. The van der Waals surface area contributed by atoms with Crippen LogP contribution in [-0.4, -0.2) is 87.1 Å². The van der Waals surface area contributed by atoms with Crippen LogP contribution in [0, 0.1) is 0 Å². The SMILES string of the molecule is O=C(CCCCC1SCC2NC(=O)NC21)NCCOCCOCCNC(=O)COCc1c2ccccc2cc2ccccc12. The van der Waals surface area contributed by atoms with Gasteiger partial charge in [-0.1, -0.05) is 55.0 Å². The molecule has 2 aliphatic heterocycles. The molecule has 5 rings (SSSR count). The van der Waals surface area contributed by atoms with Crippen LogP contribution in [0.15, 0.2) is 54.6 Å². The highest BCUT2D eigenvalue weighted by Crippen LogP contribution is 2.33. The van der Waals surface area contributed by atoms with Gasteiger partial charge in [-0.15, -0.1) is 0 Å². The Labute approximate surface area is 262 Å². The molecule has 2 saturated heterocycles. The van der Waals surface area contributed by atoms with Gasteiger partial charge in [0.2, 0.25) is 11.8 Å². The van der Waals surface area contributed by atoms with Crippen molar-refractivity contribution in [1.82, 2.24) is 21.3 Å². The van der Waals surface area contributed by atoms with Gasteiger partial charge in [-0.05, 0) is 46.0 Å². The summed E-state index contributed by atoms with van der Waals surface area (Å²) in [5.41, 5.74) is 1.08. The van der Waals surface area contributed by atoms with Gasteiger partial charge in [-0.3, -0.25) is 9.59 Å². The fourth-order valence-corrected chi connectivity index (χ4v) is 7.31. The number of hydrogen-bond donors (Lipinski definition) is 4. The van der Waals surface area contributed by atoms with Crippen molar-refractivity contribution in [3.8, 4) is 0 Å². The van der Waals surface area contributed by atoms with Gasteiger partial charge in [-0.2, -0.15) is 11.8 Å². The Morgan fingerprint density at radius 3 is 2.18 bits per heavy atom. The van der Waals surface area contributed by atoms with E-state index in [1.807, 2.05) is 36.0 Å². The molecule has 3 aromatic rings. The molecule has 2 aliphatic rings. The molecular formula is C33H42N4O6S. The van der Waals surface area contributed by atoms with E-state index in [0.29, 0.717) is 57.8 Å². The minimum Gasteiger partial charge on any atom is -0.377 e. The monoisotopic (exact) mass is 622 g/mol. The van der Waals surface area contributed by atoms with E-state index in [1.54, 1.807) is 0 Å². The number of benzene rings is 3. The Kier molecular flexibility index (Phi) is 12.1. The number of unbranched alkanes of at least 4 members (excludes halogenated alkanes) is 1. The minimum absolute atomic E-state index is 0.0236. The molecule has 3 atom stereocenters. The van der Waals surface area contributed by atoms with Gasteiger partial charge < -0.3 is 35.5 Å². The number of fused-ring (bicyclic) bond motifs is 3. The maximum atomic E-state index is 12.2. The standard InChI is InChI=1S/C33H42N4O6S/c38-30(12-6-5-11-29-32-28(22-44-29)36-33(40)37-32)34-13-15-41-17-18-42-16-14-35-31(39)21-43-20-27-25-9-3-1-7-23(25)19-24-8-2-4-10-26(24)27/h1-4,7-10,19,28-29,32H,5-6,11-18,20-22H2,(H,34,38)(H,35,39)(H2,36,37,40). The minimum atomic E-state index is -0.184. The van der Waals surface area contributed by atoms with Gasteiger partial charge in [0, 0.05) is 30.5 Å². The van der Waals surface area contributed by atoms with Crippen LogP contribution in [-0.2, 0) is 30.4 Å². The summed E-state index contributed by atoms with van der Waals surface area (Å²) < 4.78 is 16.8. The third-order valence-corrected chi connectivity index (χ3v) is 9.46. The van der Waals surface area contributed by atoms with Crippen LogP contribution in [0.4, 0.5) is 4.79 Å². The lowest BCUT2D eigenvalue weighted by atomic mass is 9.97. The van der Waals surface area contributed by atoms with Crippen molar-refractivity contribution in [3.05, 3.63) is 60.2 Å². The zero-order valence-corrected chi connectivity index (χ0v) is 25.8. The highest BCUT2D eigenvalue weighted by Gasteiger charge is 2.42. The number of urea groups is 1. The van der Waals surface area contributed by atoms with Crippen molar-refractivity contribution in [2.45, 2.75) is 49.6 Å². The predicted octanol–water partition coefficient (Wildman–Crippen LogP) is 3.50. The first-order chi connectivity index (χ1) is 21.6. The first-order valence-electron chi connectivity index (χ1n) is 15.4. The molecule has 0 aliphatic carbocycles. The Balaban J connectivity index is 0.839. The summed E-state index contributed by atoms with van der Waals surface area (Å²) in [5, 5.41) is 16.7. The normalized spacial score (nSPS) is 19.1. The van der Waals surface area contributed by atoms with Crippen LogP contribution in [0.1, 0.15) is 31.2 Å². The molecule has 44 heavy (non-hydrogen) atoms. The molecule has 2 fully saturated rings. The topological polar surface area (TPSA) is 127 Å². The van der Waals surface area contributed by atoms with Gasteiger partial charge >= 0.3 is 6.03 Å². The molecule has 0 aromatic heterocycles. The second kappa shape index (κ2) is 16.6. The summed E-state index contributed by atoms with van der Waals surface area (Å²) in [6.07, 6.45) is 3.30. The number of rotatable bonds is 18. The van der Waals surface area contributed by atoms with E-state index < -0.39 is 0 Å². The molecule has 11 heteroatoms. The van der Waals surface area contributed by atoms with Crippen molar-refractivity contribution in [2.75, 3.05) is 51.9 Å². The van der Waals surface area contributed by atoms with E-state index in [1.165, 1.54) is 0 Å². The lowest BCUT2D eigenvalue weighted by molar-refractivity contribution is -0.126. The molecule has 4 amide bonds. The molecule has 3 aromatic carbocycles. The molecule has 2 heterocycles. The summed E-state index contributed by atoms with van der Waals surface area (Å²) in [5.74, 6) is 0.802. The summed E-state index contributed by atoms with van der Waals surface area (Å²) in [7, 11) is 0. The average molecular weight is 623 g/mol. The fraction of sp³-hybridized carbons (Fsp3) is 0.485. The number of thioether (sulfide) groups is 1. The van der Waals surface area contributed by atoms with Gasteiger partial charge in [0.15, 0.2) is 0 Å². The van der Waals surface area contributed by atoms with E-state index in [2.05, 4.69) is 51.6 Å². The number of hydrogen-bond acceptors (Lipinski definition) is 7. The predicted molar refractivity (Wildman–Crippen MR) is 173 cm³/mol. The summed E-state index contributed by atoms with van der Waals surface area (Å²) in [4.78, 5) is 35.8. The Morgan fingerprint density at radius 2 is 1.48 bits per heavy atom. The number of nitrogens with one attached hydrogen (secondary N) is 4. The Bertz CT molecular complexity index is 1370. The Morgan fingerprint density at radius 1 is 0.818 bits per heavy atom. The van der Waals surface area contributed by atoms with Gasteiger partial charge in [-0.25, -0.2) is 4.79 Å². The molecule has 0 bridgehead atoms. The molecule has 0 radical (unpaired) electrons. The summed E-state index contributed by atoms with van der Waals surface area (Å²) in [6, 6.07) is 19.0. The number of amides is 4. The molecule has 4 N–H and O–H groups in total. The van der Waals surface area contributed by atoms with Gasteiger partial charge in [0.1, 0.15) is 6.61 Å². The summed E-state index contributed by atoms with van der Waals surface area (Å²) in [6.45, 7) is 2.80. The number of carbonyl (C=O) groups is 3. The van der Waals surface area contributed by atoms with Crippen molar-refractivity contribution in [1.29, 1.82) is 0 Å². The van der Waals surface area contributed by atoms with Crippen LogP contribution in [0.25, 0.3) is 21.5 Å². The smallest absolute Gasteiger partial charge is 0.315 e. The molecule has 10 nitrogen and oxygen atoms in total. The third kappa shape index (κ3) is 9.07. The average Bonchev–Trinajstić information content (AvgIpc) is 3.58. The maximum absolute atomic E-state index is 12.2. The van der Waals surface area contributed by atoms with E-state index >= 15 is 0 Å². The molecular weight excluding hydrogens is 580 g/mol. The van der Waals surface area contributed by atoms with E-state index in [9.17, 15) is 14.4 Å².